The van der Waals surface area contributed by atoms with Crippen molar-refractivity contribution in [3.05, 3.63) is 0 Å². The van der Waals surface area contributed by atoms with Crippen LogP contribution in [0.15, 0.2) is 0 Å². The van der Waals surface area contributed by atoms with Crippen LogP contribution >= 0.6 is 0 Å². The molecule has 0 aromatic rings. The number of carbonyl (C=O) groups excluding carboxylic acids is 3. The first-order valence-electron chi connectivity index (χ1n) is 8.77. The van der Waals surface area contributed by atoms with Crippen molar-refractivity contribution in [2.45, 2.75) is 38.5 Å². The van der Waals surface area contributed by atoms with E-state index in [2.05, 4.69) is 0 Å². The van der Waals surface area contributed by atoms with Crippen LogP contribution in [0.25, 0.3) is 0 Å². The van der Waals surface area contributed by atoms with Crippen LogP contribution in [0.4, 0.5) is 0 Å². The molecule has 0 amide bonds. The second kappa shape index (κ2) is 16.6. The summed E-state index contributed by atoms with van der Waals surface area (Å²) < 4.78 is 20.0. The van der Waals surface area contributed by atoms with Gasteiger partial charge in [-0.1, -0.05) is 0 Å². The highest BCUT2D eigenvalue weighted by Gasteiger charge is 2.14. The van der Waals surface area contributed by atoms with Gasteiger partial charge in [0, 0.05) is 19.3 Å². The number of aliphatic carboxylic acids is 2. The molecule has 2 N–H and O–H groups in total. The van der Waals surface area contributed by atoms with Crippen LogP contribution in [-0.4, -0.2) is 79.5 Å². The van der Waals surface area contributed by atoms with Gasteiger partial charge in [0.1, 0.15) is 13.2 Å². The van der Waals surface area contributed by atoms with Crippen molar-refractivity contribution in [1.82, 2.24) is 0 Å². The highest BCUT2D eigenvalue weighted by Crippen LogP contribution is 2.01. The lowest BCUT2D eigenvalue weighted by molar-refractivity contribution is -0.151. The van der Waals surface area contributed by atoms with Crippen molar-refractivity contribution in [2.24, 2.45) is 0 Å². The van der Waals surface area contributed by atoms with E-state index in [0.717, 1.165) is 0 Å². The number of ether oxygens (including phenoxy) is 4. The predicted molar refractivity (Wildman–Crippen MR) is 91.5 cm³/mol. The molecule has 0 saturated heterocycles. The zero-order valence-electron chi connectivity index (χ0n) is 15.6. The van der Waals surface area contributed by atoms with Crippen molar-refractivity contribution in [1.29, 1.82) is 0 Å². The van der Waals surface area contributed by atoms with E-state index in [1.165, 1.54) is 0 Å². The minimum Gasteiger partial charge on any atom is -0.481 e. The van der Waals surface area contributed by atoms with Gasteiger partial charge in [-0.3, -0.25) is 19.2 Å². The van der Waals surface area contributed by atoms with E-state index >= 15 is 0 Å². The Kier molecular flexibility index (Phi) is 15.1. The molecule has 28 heavy (non-hydrogen) atoms. The van der Waals surface area contributed by atoms with Crippen LogP contribution in [0.2, 0.25) is 0 Å². The number of rotatable bonds is 18. The van der Waals surface area contributed by atoms with E-state index in [-0.39, 0.29) is 58.9 Å². The number of esters is 2. The van der Waals surface area contributed by atoms with Crippen molar-refractivity contribution in [2.75, 3.05) is 39.6 Å². The van der Waals surface area contributed by atoms with Gasteiger partial charge in [0.25, 0.3) is 0 Å². The summed E-state index contributed by atoms with van der Waals surface area (Å²) in [7, 11) is 0. The fraction of sp³-hybridized carbons (Fsp3) is 0.706. The molecule has 0 aromatic carbocycles. The lowest BCUT2D eigenvalue weighted by Gasteiger charge is -2.07. The Morgan fingerprint density at radius 2 is 1.04 bits per heavy atom. The molecule has 11 nitrogen and oxygen atoms in total. The molecular weight excluding hydrogens is 380 g/mol. The second-order valence-electron chi connectivity index (χ2n) is 5.49. The Morgan fingerprint density at radius 3 is 1.54 bits per heavy atom. The van der Waals surface area contributed by atoms with Gasteiger partial charge in [0.05, 0.1) is 32.8 Å². The predicted octanol–water partition coefficient (Wildman–Crippen LogP) is 0.185. The largest absolute Gasteiger partial charge is 0.481 e. The number of carboxylic acid groups (broad SMARTS) is 2. The molecule has 0 fully saturated rings. The topological polar surface area (TPSA) is 163 Å². The Hall–Kier alpha value is -2.53. The molecule has 0 spiro atoms. The molecular formula is C17H26O11. The van der Waals surface area contributed by atoms with Gasteiger partial charge < -0.3 is 29.2 Å². The van der Waals surface area contributed by atoms with E-state index < -0.39 is 36.1 Å². The summed E-state index contributed by atoms with van der Waals surface area (Å²) >= 11 is 0. The first kappa shape index (κ1) is 25.5. The number of hydrogen-bond acceptors (Lipinski definition) is 9. The van der Waals surface area contributed by atoms with Gasteiger partial charge in [-0.2, -0.15) is 0 Å². The van der Waals surface area contributed by atoms with E-state index in [0.29, 0.717) is 12.8 Å². The zero-order valence-corrected chi connectivity index (χ0v) is 15.6. The maximum atomic E-state index is 11.3. The van der Waals surface area contributed by atoms with Crippen molar-refractivity contribution in [3.63, 3.8) is 0 Å². The summed E-state index contributed by atoms with van der Waals surface area (Å²) in [5.74, 6) is -4.61. The Labute approximate surface area is 161 Å². The van der Waals surface area contributed by atoms with Crippen molar-refractivity contribution < 1.29 is 53.1 Å². The number of hydrogen-bond donors (Lipinski definition) is 2. The van der Waals surface area contributed by atoms with Crippen LogP contribution in [0.5, 0.6) is 0 Å². The summed E-state index contributed by atoms with van der Waals surface area (Å²) in [6, 6.07) is 0. The van der Waals surface area contributed by atoms with E-state index in [9.17, 15) is 24.0 Å². The molecule has 0 aromatic heterocycles. The van der Waals surface area contributed by atoms with Gasteiger partial charge in [0.2, 0.25) is 5.78 Å². The fourth-order valence-corrected chi connectivity index (χ4v) is 1.76. The van der Waals surface area contributed by atoms with E-state index in [1.807, 2.05) is 0 Å². The molecule has 0 radical (unpaired) electrons. The fourth-order valence-electron chi connectivity index (χ4n) is 1.76. The zero-order chi connectivity index (χ0) is 21.2. The normalized spacial score (nSPS) is 10.3. The Balaban J connectivity index is 3.36. The molecule has 0 aliphatic rings. The van der Waals surface area contributed by atoms with Gasteiger partial charge in [-0.05, 0) is 12.8 Å². The smallest absolute Gasteiger partial charge is 0.372 e. The highest BCUT2D eigenvalue weighted by atomic mass is 16.6. The van der Waals surface area contributed by atoms with Gasteiger partial charge in [-0.25, -0.2) is 4.79 Å². The van der Waals surface area contributed by atoms with Crippen molar-refractivity contribution in [3.8, 4) is 0 Å². The van der Waals surface area contributed by atoms with Crippen LogP contribution in [0, 0.1) is 0 Å². The summed E-state index contributed by atoms with van der Waals surface area (Å²) in [4.78, 5) is 53.9. The Morgan fingerprint density at radius 1 is 0.571 bits per heavy atom. The highest BCUT2D eigenvalue weighted by molar-refractivity contribution is 6.32. The standard InChI is InChI=1S/C17H26O11/c18-13(17(23)24)5-6-16(22)28-12-10-26-8-7-25-9-11-27-15(21)4-2-1-3-14(19)20/h1-12H2,(H,19,20)(H,23,24). The van der Waals surface area contributed by atoms with Gasteiger partial charge in [-0.15, -0.1) is 0 Å². The molecule has 0 unspecified atom stereocenters. The summed E-state index contributed by atoms with van der Waals surface area (Å²) in [6.07, 6.45) is 0.371. The molecule has 11 heteroatoms. The molecule has 0 aliphatic heterocycles. The van der Waals surface area contributed by atoms with E-state index in [1.54, 1.807) is 0 Å². The minimum absolute atomic E-state index is 0.0278. The molecule has 0 rings (SSSR count). The monoisotopic (exact) mass is 406 g/mol. The molecule has 0 heterocycles. The lowest BCUT2D eigenvalue weighted by atomic mass is 10.2. The molecule has 0 aliphatic carbocycles. The number of Topliss-reactive ketones (excluding diaryl/α,β-unsaturated/α-hetero) is 1. The quantitative estimate of drug-likeness (QED) is 0.181. The van der Waals surface area contributed by atoms with Crippen LogP contribution in [0.1, 0.15) is 38.5 Å². The van der Waals surface area contributed by atoms with Crippen LogP contribution in [0.3, 0.4) is 0 Å². The minimum atomic E-state index is -1.58. The third-order valence-electron chi connectivity index (χ3n) is 3.17. The third-order valence-corrected chi connectivity index (χ3v) is 3.17. The molecule has 160 valence electrons. The summed E-state index contributed by atoms with van der Waals surface area (Å²) in [5.41, 5.74) is 0. The number of unbranched alkanes of at least 4 members (excludes halogenated alkanes) is 1. The van der Waals surface area contributed by atoms with Crippen LogP contribution < -0.4 is 0 Å². The van der Waals surface area contributed by atoms with Crippen LogP contribution in [-0.2, 0) is 42.9 Å². The van der Waals surface area contributed by atoms with Crippen molar-refractivity contribution >= 4 is 29.7 Å². The average molecular weight is 406 g/mol. The molecule has 0 saturated carbocycles. The third kappa shape index (κ3) is 16.9. The first-order chi connectivity index (χ1) is 13.3. The summed E-state index contributed by atoms with van der Waals surface area (Å²) in [6.45, 7) is 0.851. The lowest BCUT2D eigenvalue weighted by Crippen LogP contribution is -2.17. The number of ketones is 1. The average Bonchev–Trinajstić information content (AvgIpc) is 2.64. The van der Waals surface area contributed by atoms with E-state index in [4.69, 9.17) is 29.2 Å². The SMILES string of the molecule is O=C(O)CCCCC(=O)OCCOCCOCCOC(=O)CCC(=O)C(=O)O. The Bertz CT molecular complexity index is 515. The summed E-state index contributed by atoms with van der Waals surface area (Å²) in [5, 5.41) is 16.8. The maximum absolute atomic E-state index is 11.3. The maximum Gasteiger partial charge on any atom is 0.372 e. The van der Waals surface area contributed by atoms with Gasteiger partial charge in [0.15, 0.2) is 0 Å². The number of carboxylic acids is 2. The second-order valence-corrected chi connectivity index (χ2v) is 5.49. The first-order valence-corrected chi connectivity index (χ1v) is 8.77. The molecule has 0 atom stereocenters. The van der Waals surface area contributed by atoms with Gasteiger partial charge >= 0.3 is 23.9 Å². The molecule has 0 bridgehead atoms. The number of carbonyl (C=O) groups is 5.